The quantitative estimate of drug-likeness (QED) is 0.176. The predicted molar refractivity (Wildman–Crippen MR) is 171 cm³/mol. The number of alkyl carbamates (subject to hydrolysis) is 1. The number of aliphatic hydroxyl groups is 1. The lowest BCUT2D eigenvalue weighted by Crippen LogP contribution is -2.51. The van der Waals surface area contributed by atoms with Crippen LogP contribution in [-0.4, -0.2) is 59.7 Å². The first-order valence-electron chi connectivity index (χ1n) is 14.7. The Hall–Kier alpha value is -4.51. The smallest absolute Gasteiger partial charge is 0.407 e. The van der Waals surface area contributed by atoms with Gasteiger partial charge in [0, 0.05) is 25.2 Å². The average Bonchev–Trinajstić information content (AvgIpc) is 2.99. The molecule has 2 N–H and O–H groups in total. The largest absolute Gasteiger partial charge is 0.489 e. The Bertz CT molecular complexity index is 1630. The van der Waals surface area contributed by atoms with Crippen molar-refractivity contribution in [1.82, 2.24) is 9.62 Å². The van der Waals surface area contributed by atoms with E-state index in [1.54, 1.807) is 63.2 Å². The summed E-state index contributed by atoms with van der Waals surface area (Å²) in [5, 5.41) is 34.3. The van der Waals surface area contributed by atoms with Crippen LogP contribution < -0.4 is 10.1 Å². The molecule has 0 heterocycles. The molecule has 3 rings (SSSR count). The highest BCUT2D eigenvalue weighted by atomic mass is 32.2. The monoisotopic (exact) mass is 652 g/mol. The molecule has 0 fully saturated rings. The maximum atomic E-state index is 13.6. The molecule has 12 nitrogen and oxygen atoms in total. The van der Waals surface area contributed by atoms with Crippen molar-refractivity contribution >= 4 is 21.8 Å². The van der Waals surface area contributed by atoms with Crippen LogP contribution in [0.4, 0.5) is 10.5 Å². The van der Waals surface area contributed by atoms with Gasteiger partial charge in [0.1, 0.15) is 18.0 Å². The zero-order chi connectivity index (χ0) is 34.1. The van der Waals surface area contributed by atoms with Gasteiger partial charge in [0.25, 0.3) is 5.69 Å². The number of sulfonamides is 1. The minimum absolute atomic E-state index is 0.0544. The summed E-state index contributed by atoms with van der Waals surface area (Å²) in [6, 6.07) is 19.8. The summed E-state index contributed by atoms with van der Waals surface area (Å²) in [4.78, 5) is 23.1. The van der Waals surface area contributed by atoms with E-state index in [4.69, 9.17) is 14.7 Å². The molecular formula is C33H40N4O8S. The first kappa shape index (κ1) is 36.0. The number of rotatable bonds is 14. The van der Waals surface area contributed by atoms with Crippen LogP contribution in [-0.2, 0) is 27.8 Å². The molecular weight excluding hydrogens is 612 g/mol. The van der Waals surface area contributed by atoms with E-state index in [0.717, 1.165) is 39.7 Å². The number of nitriles is 1. The number of hydrogen-bond donors (Lipinski definition) is 2. The highest BCUT2D eigenvalue weighted by Gasteiger charge is 2.32. The van der Waals surface area contributed by atoms with Gasteiger partial charge in [0.2, 0.25) is 10.0 Å². The van der Waals surface area contributed by atoms with Crippen LogP contribution in [0.5, 0.6) is 5.75 Å². The minimum atomic E-state index is -4.16. The Morgan fingerprint density at radius 2 is 1.70 bits per heavy atom. The highest BCUT2D eigenvalue weighted by Crippen LogP contribution is 2.23. The Morgan fingerprint density at radius 3 is 2.26 bits per heavy atom. The van der Waals surface area contributed by atoms with E-state index in [1.165, 1.54) is 0 Å². The van der Waals surface area contributed by atoms with Crippen LogP contribution in [0.15, 0.2) is 77.7 Å². The summed E-state index contributed by atoms with van der Waals surface area (Å²) in [5.41, 5.74) is 1.04. The van der Waals surface area contributed by atoms with Crippen molar-refractivity contribution in [3.05, 3.63) is 99.6 Å². The molecule has 3 aromatic carbocycles. The summed E-state index contributed by atoms with van der Waals surface area (Å²) >= 11 is 0. The van der Waals surface area contributed by atoms with Gasteiger partial charge in [-0.3, -0.25) is 10.1 Å². The molecule has 0 aliphatic heterocycles. The first-order chi connectivity index (χ1) is 21.6. The fourth-order valence-electron chi connectivity index (χ4n) is 4.52. The van der Waals surface area contributed by atoms with Crippen molar-refractivity contribution in [1.29, 1.82) is 5.26 Å². The first-order valence-corrected chi connectivity index (χ1v) is 16.1. The molecule has 1 amide bonds. The van der Waals surface area contributed by atoms with Gasteiger partial charge in [-0.05, 0) is 80.6 Å². The number of nitrogens with one attached hydrogen (secondary N) is 1. The molecule has 13 heteroatoms. The van der Waals surface area contributed by atoms with Gasteiger partial charge in [-0.1, -0.05) is 38.1 Å². The van der Waals surface area contributed by atoms with E-state index in [9.17, 15) is 28.4 Å². The van der Waals surface area contributed by atoms with Crippen molar-refractivity contribution in [3.8, 4) is 11.8 Å². The number of ether oxygens (including phenoxy) is 2. The van der Waals surface area contributed by atoms with Gasteiger partial charge in [-0.15, -0.1) is 0 Å². The third-order valence-corrected chi connectivity index (χ3v) is 8.50. The summed E-state index contributed by atoms with van der Waals surface area (Å²) in [6.07, 6.45) is -2.00. The molecule has 0 saturated carbocycles. The lowest BCUT2D eigenvalue weighted by Gasteiger charge is -2.31. The molecule has 0 saturated heterocycles. The van der Waals surface area contributed by atoms with Gasteiger partial charge in [0.05, 0.1) is 33.6 Å². The molecule has 0 aliphatic rings. The van der Waals surface area contributed by atoms with Crippen LogP contribution in [0, 0.1) is 27.4 Å². The summed E-state index contributed by atoms with van der Waals surface area (Å²) in [6.45, 7) is 8.71. The third kappa shape index (κ3) is 10.8. The Morgan fingerprint density at radius 1 is 1.04 bits per heavy atom. The van der Waals surface area contributed by atoms with Crippen LogP contribution >= 0.6 is 0 Å². The van der Waals surface area contributed by atoms with Crippen LogP contribution in [0.3, 0.4) is 0 Å². The fourth-order valence-corrected chi connectivity index (χ4v) is 6.14. The minimum Gasteiger partial charge on any atom is -0.489 e. The molecule has 0 bridgehead atoms. The number of aliphatic hydroxyl groups excluding tert-OH is 1. The topological polar surface area (TPSA) is 172 Å². The standard InChI is InChI=1S/C33H40N4O8S/c1-23(2)20-36(46(42,43)29-15-11-27(12-16-29)37(40)41)21-31(38)30(35-32(39)45-33(3,4)5)18-24-9-13-28(14-10-24)44-22-26-8-6-7-25(17-26)19-34/h6-17,23,30-31,38H,18,20-22H2,1-5H3,(H,35,39)/t30-,31+/m0/s1. The zero-order valence-corrected chi connectivity index (χ0v) is 27.4. The van der Waals surface area contributed by atoms with Crippen molar-refractivity contribution < 1.29 is 32.7 Å². The van der Waals surface area contributed by atoms with Gasteiger partial charge >= 0.3 is 6.09 Å². The molecule has 3 aromatic rings. The zero-order valence-electron chi connectivity index (χ0n) is 26.5. The summed E-state index contributed by atoms with van der Waals surface area (Å²) in [7, 11) is -4.16. The lowest BCUT2D eigenvalue weighted by molar-refractivity contribution is -0.384. The lowest BCUT2D eigenvalue weighted by atomic mass is 10.0. The van der Waals surface area contributed by atoms with Crippen molar-refractivity contribution in [2.24, 2.45) is 5.92 Å². The number of hydrogen-bond acceptors (Lipinski definition) is 9. The van der Waals surface area contributed by atoms with E-state index < -0.39 is 38.8 Å². The summed E-state index contributed by atoms with van der Waals surface area (Å²) in [5.74, 6) is 0.452. The van der Waals surface area contributed by atoms with Crippen LogP contribution in [0.2, 0.25) is 0 Å². The Kier molecular flexibility index (Phi) is 12.2. The average molecular weight is 653 g/mol. The number of nitro benzene ring substituents is 1. The molecule has 46 heavy (non-hydrogen) atoms. The number of non-ortho nitro benzene ring substituents is 1. The van der Waals surface area contributed by atoms with Gasteiger partial charge < -0.3 is 19.9 Å². The fraction of sp³-hybridized carbons (Fsp3) is 0.394. The molecule has 246 valence electrons. The molecule has 0 aliphatic carbocycles. The molecule has 0 aromatic heterocycles. The molecule has 0 radical (unpaired) electrons. The number of benzene rings is 3. The molecule has 0 spiro atoms. The Labute approximate surface area is 269 Å². The van der Waals surface area contributed by atoms with Crippen molar-refractivity contribution in [2.75, 3.05) is 13.1 Å². The predicted octanol–water partition coefficient (Wildman–Crippen LogP) is 5.19. The van der Waals surface area contributed by atoms with E-state index in [1.807, 2.05) is 19.9 Å². The van der Waals surface area contributed by atoms with Crippen LogP contribution in [0.25, 0.3) is 0 Å². The van der Waals surface area contributed by atoms with Crippen molar-refractivity contribution in [3.63, 3.8) is 0 Å². The number of nitrogens with zero attached hydrogens (tertiary/aromatic N) is 3. The number of carbonyl (C=O) groups is 1. The van der Waals surface area contributed by atoms with E-state index in [-0.39, 0.29) is 42.6 Å². The number of amides is 1. The number of carbonyl (C=O) groups excluding carboxylic acids is 1. The maximum absolute atomic E-state index is 13.6. The van der Waals surface area contributed by atoms with E-state index >= 15 is 0 Å². The second kappa shape index (κ2) is 15.7. The SMILES string of the molecule is CC(C)CN(C[C@@H](O)[C@H](Cc1ccc(OCc2cccc(C#N)c2)cc1)NC(=O)OC(C)(C)C)S(=O)(=O)c1ccc([N+](=O)[O-])cc1. The van der Waals surface area contributed by atoms with Gasteiger partial charge in [0.15, 0.2) is 0 Å². The normalized spacial score (nSPS) is 13.1. The van der Waals surface area contributed by atoms with Crippen molar-refractivity contribution in [2.45, 2.75) is 70.3 Å². The van der Waals surface area contributed by atoms with Crippen LogP contribution in [0.1, 0.15) is 51.3 Å². The third-order valence-electron chi connectivity index (χ3n) is 6.65. The molecule has 2 atom stereocenters. The second-order valence-corrected chi connectivity index (χ2v) is 14.2. The number of nitro groups is 1. The Balaban J connectivity index is 1.81. The maximum Gasteiger partial charge on any atom is 0.407 e. The summed E-state index contributed by atoms with van der Waals surface area (Å²) < 4.78 is 39.6. The highest BCUT2D eigenvalue weighted by molar-refractivity contribution is 7.89. The second-order valence-electron chi connectivity index (χ2n) is 12.2. The van der Waals surface area contributed by atoms with E-state index in [2.05, 4.69) is 11.4 Å². The van der Waals surface area contributed by atoms with E-state index in [0.29, 0.717) is 11.3 Å². The molecule has 0 unspecified atom stereocenters. The van der Waals surface area contributed by atoms with Gasteiger partial charge in [-0.25, -0.2) is 13.2 Å². The van der Waals surface area contributed by atoms with Gasteiger partial charge in [-0.2, -0.15) is 9.57 Å².